The van der Waals surface area contributed by atoms with Crippen LogP contribution in [-0.4, -0.2) is 26.6 Å². The third-order valence-electron chi connectivity index (χ3n) is 6.22. The van der Waals surface area contributed by atoms with E-state index in [1.54, 1.807) is 12.3 Å². The average Bonchev–Trinajstić information content (AvgIpc) is 3.08. The number of carbonyl (C=O) groups is 1. The summed E-state index contributed by atoms with van der Waals surface area (Å²) in [6, 6.07) is 4.97. The Morgan fingerprint density at radius 3 is 2.83 bits per heavy atom. The smallest absolute Gasteiger partial charge is 0.250 e. The molecule has 0 spiro atoms. The highest BCUT2D eigenvalue weighted by Crippen LogP contribution is 2.39. The first-order valence-corrected chi connectivity index (χ1v) is 10.1. The molecule has 6 heteroatoms. The molecule has 1 unspecified atom stereocenters. The normalized spacial score (nSPS) is 16.5. The molecule has 2 aromatic heterocycles. The van der Waals surface area contributed by atoms with Gasteiger partial charge in [-0.05, 0) is 68.4 Å². The van der Waals surface area contributed by atoms with Gasteiger partial charge in [-0.3, -0.25) is 9.78 Å². The summed E-state index contributed by atoms with van der Waals surface area (Å²) in [4.78, 5) is 19.7. The minimum absolute atomic E-state index is 0.0824. The van der Waals surface area contributed by atoms with E-state index in [0.717, 1.165) is 34.3 Å². The van der Waals surface area contributed by atoms with Crippen molar-refractivity contribution in [1.29, 1.82) is 0 Å². The van der Waals surface area contributed by atoms with Gasteiger partial charge in [0.05, 0.1) is 22.4 Å². The molecule has 2 heterocycles. The summed E-state index contributed by atoms with van der Waals surface area (Å²) in [7, 11) is 0. The number of aliphatic hydroxyl groups is 1. The van der Waals surface area contributed by atoms with Gasteiger partial charge < -0.3 is 15.8 Å². The number of nitrogens with one attached hydrogen (secondary N) is 1. The van der Waals surface area contributed by atoms with Crippen LogP contribution in [0.3, 0.4) is 0 Å². The molecule has 0 fully saturated rings. The Morgan fingerprint density at radius 2 is 2.23 bits per heavy atom. The second-order valence-electron chi connectivity index (χ2n) is 8.65. The van der Waals surface area contributed by atoms with Crippen LogP contribution in [-0.2, 0) is 19.3 Å². The third kappa shape index (κ3) is 3.52. The molecule has 0 saturated heterocycles. The minimum atomic E-state index is -0.811. The molecule has 4 N–H and O–H groups in total. The Morgan fingerprint density at radius 1 is 1.47 bits per heavy atom. The van der Waals surface area contributed by atoms with Crippen LogP contribution in [0.25, 0.3) is 17.0 Å². The van der Waals surface area contributed by atoms with Crippen LogP contribution >= 0.6 is 0 Å². The van der Waals surface area contributed by atoms with Gasteiger partial charge in [0.1, 0.15) is 5.82 Å². The van der Waals surface area contributed by atoms with Crippen molar-refractivity contribution in [2.75, 3.05) is 0 Å². The van der Waals surface area contributed by atoms with Crippen molar-refractivity contribution in [1.82, 2.24) is 9.97 Å². The number of primary amides is 1. The summed E-state index contributed by atoms with van der Waals surface area (Å²) in [5.41, 5.74) is 9.58. The van der Waals surface area contributed by atoms with Crippen LogP contribution in [0.2, 0.25) is 0 Å². The topological polar surface area (TPSA) is 92.0 Å². The lowest BCUT2D eigenvalue weighted by atomic mass is 9.77. The zero-order valence-corrected chi connectivity index (χ0v) is 17.3. The van der Waals surface area contributed by atoms with Crippen LogP contribution in [0.5, 0.6) is 0 Å². The maximum Gasteiger partial charge on any atom is 0.250 e. The number of aromatic amines is 1. The van der Waals surface area contributed by atoms with Gasteiger partial charge in [0.25, 0.3) is 5.91 Å². The van der Waals surface area contributed by atoms with E-state index >= 15 is 4.39 Å². The van der Waals surface area contributed by atoms with Crippen molar-refractivity contribution in [3.8, 4) is 0 Å². The molecule has 3 aromatic rings. The van der Waals surface area contributed by atoms with Crippen LogP contribution in [0.4, 0.5) is 4.39 Å². The van der Waals surface area contributed by atoms with E-state index in [0.29, 0.717) is 30.3 Å². The van der Waals surface area contributed by atoms with Crippen LogP contribution in [0.1, 0.15) is 58.7 Å². The Balaban J connectivity index is 1.87. The molecular formula is C24H26FN3O2. The summed E-state index contributed by atoms with van der Waals surface area (Å²) in [6.45, 7) is 7.32. The van der Waals surface area contributed by atoms with E-state index in [4.69, 9.17) is 5.73 Å². The summed E-state index contributed by atoms with van der Waals surface area (Å²) < 4.78 is 15.2. The van der Waals surface area contributed by atoms with Crippen molar-refractivity contribution in [3.63, 3.8) is 0 Å². The van der Waals surface area contributed by atoms with Gasteiger partial charge in [-0.25, -0.2) is 4.39 Å². The lowest BCUT2D eigenvalue weighted by molar-refractivity contribution is 0.0107. The number of aromatic nitrogens is 2. The Kier molecular flexibility index (Phi) is 4.98. The molecule has 1 atom stereocenters. The van der Waals surface area contributed by atoms with E-state index in [1.807, 2.05) is 26.0 Å². The third-order valence-corrected chi connectivity index (χ3v) is 6.22. The molecule has 30 heavy (non-hydrogen) atoms. The van der Waals surface area contributed by atoms with Crippen LogP contribution in [0, 0.1) is 11.7 Å². The van der Waals surface area contributed by atoms with E-state index in [9.17, 15) is 9.90 Å². The molecule has 5 nitrogen and oxygen atoms in total. The highest BCUT2D eigenvalue weighted by molar-refractivity contribution is 6.07. The van der Waals surface area contributed by atoms with E-state index in [2.05, 4.69) is 16.5 Å². The van der Waals surface area contributed by atoms with E-state index in [1.165, 1.54) is 6.07 Å². The first-order chi connectivity index (χ1) is 14.2. The molecule has 1 aliphatic rings. The molecule has 1 aliphatic carbocycles. The average molecular weight is 407 g/mol. The van der Waals surface area contributed by atoms with Crippen molar-refractivity contribution in [3.05, 3.63) is 70.4 Å². The number of halogens is 1. The predicted octanol–water partition coefficient (Wildman–Crippen LogP) is 3.91. The number of fused-ring (bicyclic) bond motifs is 3. The molecular weight excluding hydrogens is 381 g/mol. The Hall–Kier alpha value is -2.99. The number of rotatable bonds is 5. The van der Waals surface area contributed by atoms with Crippen LogP contribution < -0.4 is 5.73 Å². The van der Waals surface area contributed by atoms with Gasteiger partial charge in [-0.15, -0.1) is 0 Å². The predicted molar refractivity (Wildman–Crippen MR) is 116 cm³/mol. The lowest BCUT2D eigenvalue weighted by Gasteiger charge is -2.32. The van der Waals surface area contributed by atoms with Gasteiger partial charge in [-0.2, -0.15) is 0 Å². The fourth-order valence-corrected chi connectivity index (χ4v) is 4.48. The van der Waals surface area contributed by atoms with Crippen molar-refractivity contribution < 1.29 is 14.3 Å². The van der Waals surface area contributed by atoms with Gasteiger partial charge in [0, 0.05) is 29.3 Å². The number of hydrogen-bond acceptors (Lipinski definition) is 3. The summed E-state index contributed by atoms with van der Waals surface area (Å²) in [5, 5.41) is 11.2. The van der Waals surface area contributed by atoms with Crippen molar-refractivity contribution >= 4 is 22.9 Å². The second kappa shape index (κ2) is 7.36. The van der Waals surface area contributed by atoms with Gasteiger partial charge in [0.15, 0.2) is 0 Å². The number of hydrogen-bond donors (Lipinski definition) is 3. The number of pyridine rings is 1. The van der Waals surface area contributed by atoms with Gasteiger partial charge in [-0.1, -0.05) is 12.6 Å². The van der Waals surface area contributed by atoms with Crippen molar-refractivity contribution in [2.45, 2.75) is 45.1 Å². The highest BCUT2D eigenvalue weighted by atomic mass is 19.1. The minimum Gasteiger partial charge on any atom is -0.390 e. The zero-order valence-electron chi connectivity index (χ0n) is 17.3. The monoisotopic (exact) mass is 407 g/mol. The quantitative estimate of drug-likeness (QED) is 0.599. The molecule has 0 aliphatic heterocycles. The number of H-pyrrole nitrogens is 1. The van der Waals surface area contributed by atoms with E-state index < -0.39 is 17.3 Å². The van der Waals surface area contributed by atoms with Crippen molar-refractivity contribution in [2.24, 2.45) is 11.7 Å². The van der Waals surface area contributed by atoms with Gasteiger partial charge >= 0.3 is 0 Å². The molecule has 0 saturated carbocycles. The molecule has 1 aromatic carbocycles. The van der Waals surface area contributed by atoms with Crippen LogP contribution in [0.15, 0.2) is 31.0 Å². The molecule has 0 bridgehead atoms. The number of amides is 1. The SMILES string of the molecule is C=Cc1ccc(Cc2c(F)cc(C(N)=O)c3[nH]c4c(c23)CCC(C(C)(C)O)C4)cn1. The number of aryl methyl sites for hydroxylation is 1. The zero-order chi connectivity index (χ0) is 21.6. The summed E-state index contributed by atoms with van der Waals surface area (Å²) >= 11 is 0. The fourth-order valence-electron chi connectivity index (χ4n) is 4.48. The Bertz CT molecular complexity index is 1140. The largest absolute Gasteiger partial charge is 0.390 e. The number of nitrogens with two attached hydrogens (primary N) is 1. The van der Waals surface area contributed by atoms with Gasteiger partial charge in [0.2, 0.25) is 0 Å². The number of nitrogens with zero attached hydrogens (tertiary/aromatic N) is 1. The molecule has 156 valence electrons. The first kappa shape index (κ1) is 20.3. The highest BCUT2D eigenvalue weighted by Gasteiger charge is 2.33. The maximum absolute atomic E-state index is 15.2. The van der Waals surface area contributed by atoms with E-state index in [-0.39, 0.29) is 11.5 Å². The summed E-state index contributed by atoms with van der Waals surface area (Å²) in [5.74, 6) is -1.03. The Labute approximate surface area is 174 Å². The first-order valence-electron chi connectivity index (χ1n) is 10.1. The molecule has 1 amide bonds. The molecule has 0 radical (unpaired) electrons. The maximum atomic E-state index is 15.2. The lowest BCUT2D eigenvalue weighted by Crippen LogP contribution is -2.35. The molecule has 4 rings (SSSR count). The second-order valence-corrected chi connectivity index (χ2v) is 8.65. The summed E-state index contributed by atoms with van der Waals surface area (Å²) in [6.07, 6.45) is 5.86. The standard InChI is InChI=1S/C24H26FN3O2/c1-4-15-7-5-13(12-27-15)9-17-19(25)11-18(23(26)29)22-21(17)16-8-6-14(24(2,3)30)10-20(16)28-22/h4-5,7,11-12,14,28,30H,1,6,8-10H2,2-3H3,(H2,26,29). The number of carbonyl (C=O) groups excluding carboxylic acids is 1. The fraction of sp³-hybridized carbons (Fsp3) is 0.333. The number of benzene rings is 1.